The van der Waals surface area contributed by atoms with E-state index in [2.05, 4.69) is 41.1 Å². The predicted molar refractivity (Wildman–Crippen MR) is 89.4 cm³/mol. The molecule has 112 valence electrons. The van der Waals surface area contributed by atoms with Gasteiger partial charge in [0.15, 0.2) is 5.58 Å². The molecule has 4 rings (SSSR count). The van der Waals surface area contributed by atoms with E-state index < -0.39 is 0 Å². The summed E-state index contributed by atoms with van der Waals surface area (Å²) < 4.78 is 5.88. The Labute approximate surface area is 130 Å². The molecular weight excluding hydrogens is 272 g/mol. The third-order valence-corrected chi connectivity index (χ3v) is 4.60. The van der Waals surface area contributed by atoms with Gasteiger partial charge in [-0.25, -0.2) is 0 Å². The number of benzene rings is 2. The number of rotatable bonds is 2. The van der Waals surface area contributed by atoms with E-state index in [0.29, 0.717) is 5.92 Å². The van der Waals surface area contributed by atoms with Crippen LogP contribution >= 0.6 is 0 Å². The molecule has 3 nitrogen and oxygen atoms in total. The highest BCUT2D eigenvalue weighted by Crippen LogP contribution is 2.31. The first-order valence-corrected chi connectivity index (χ1v) is 7.97. The van der Waals surface area contributed by atoms with Gasteiger partial charge in [0.25, 0.3) is 6.01 Å². The molecule has 2 aromatic carbocycles. The fourth-order valence-electron chi connectivity index (χ4n) is 3.24. The molecule has 0 N–H and O–H groups in total. The zero-order valence-electron chi connectivity index (χ0n) is 12.8. The Morgan fingerprint density at radius 1 is 1.00 bits per heavy atom. The van der Waals surface area contributed by atoms with Crippen LogP contribution < -0.4 is 4.90 Å². The van der Waals surface area contributed by atoms with Crippen LogP contribution in [0.4, 0.5) is 6.01 Å². The van der Waals surface area contributed by atoms with E-state index in [9.17, 15) is 0 Å². The summed E-state index contributed by atoms with van der Waals surface area (Å²) in [5.41, 5.74) is 4.60. The van der Waals surface area contributed by atoms with Gasteiger partial charge in [0.2, 0.25) is 0 Å². The molecule has 0 amide bonds. The summed E-state index contributed by atoms with van der Waals surface area (Å²) in [6, 6.07) is 17.7. The van der Waals surface area contributed by atoms with Crippen LogP contribution in [0.5, 0.6) is 0 Å². The van der Waals surface area contributed by atoms with Crippen LogP contribution in [-0.2, 0) is 0 Å². The van der Waals surface area contributed by atoms with Gasteiger partial charge in [0, 0.05) is 13.1 Å². The first kappa shape index (κ1) is 13.4. The van der Waals surface area contributed by atoms with Gasteiger partial charge in [-0.1, -0.05) is 42.0 Å². The van der Waals surface area contributed by atoms with Crippen molar-refractivity contribution in [3.63, 3.8) is 0 Å². The van der Waals surface area contributed by atoms with Crippen LogP contribution in [-0.4, -0.2) is 18.1 Å². The summed E-state index contributed by atoms with van der Waals surface area (Å²) in [5, 5.41) is 0. The fourth-order valence-corrected chi connectivity index (χ4v) is 3.24. The zero-order chi connectivity index (χ0) is 14.9. The summed E-state index contributed by atoms with van der Waals surface area (Å²) in [4.78, 5) is 6.87. The Morgan fingerprint density at radius 2 is 1.73 bits per heavy atom. The highest BCUT2D eigenvalue weighted by molar-refractivity contribution is 5.74. The Kier molecular flexibility index (Phi) is 3.34. The van der Waals surface area contributed by atoms with Gasteiger partial charge in [-0.15, -0.1) is 0 Å². The number of hydrogen-bond acceptors (Lipinski definition) is 3. The van der Waals surface area contributed by atoms with Gasteiger partial charge < -0.3 is 9.32 Å². The third-order valence-electron chi connectivity index (χ3n) is 4.60. The van der Waals surface area contributed by atoms with Crippen molar-refractivity contribution < 1.29 is 4.42 Å². The quantitative estimate of drug-likeness (QED) is 0.695. The number of aromatic nitrogens is 1. The smallest absolute Gasteiger partial charge is 0.298 e. The molecule has 3 aromatic rings. The second-order valence-electron chi connectivity index (χ2n) is 6.14. The van der Waals surface area contributed by atoms with Crippen molar-refractivity contribution in [3.05, 3.63) is 59.7 Å². The molecular formula is C19H20N2O. The normalized spacial score (nSPS) is 16.3. The molecule has 0 bridgehead atoms. The number of piperidine rings is 1. The molecule has 3 heteroatoms. The molecule has 0 saturated carbocycles. The highest BCUT2D eigenvalue weighted by Gasteiger charge is 2.23. The Balaban J connectivity index is 1.48. The van der Waals surface area contributed by atoms with E-state index in [0.717, 1.165) is 43.0 Å². The van der Waals surface area contributed by atoms with E-state index in [1.54, 1.807) is 0 Å². The lowest BCUT2D eigenvalue weighted by atomic mass is 9.89. The van der Waals surface area contributed by atoms with Crippen molar-refractivity contribution in [2.45, 2.75) is 25.7 Å². The SMILES string of the molecule is Cc1ccc(C2CCN(c3nc4ccccc4o3)CC2)cc1. The molecule has 1 fully saturated rings. The fraction of sp³-hybridized carbons (Fsp3) is 0.316. The molecule has 1 aliphatic heterocycles. The molecule has 2 heterocycles. The maximum Gasteiger partial charge on any atom is 0.298 e. The van der Waals surface area contributed by atoms with E-state index >= 15 is 0 Å². The third kappa shape index (κ3) is 2.47. The van der Waals surface area contributed by atoms with Crippen LogP contribution in [0.2, 0.25) is 0 Å². The van der Waals surface area contributed by atoms with Crippen LogP contribution in [0, 0.1) is 6.92 Å². The molecule has 0 radical (unpaired) electrons. The Hall–Kier alpha value is -2.29. The van der Waals surface area contributed by atoms with Crippen LogP contribution in [0.3, 0.4) is 0 Å². The molecule has 1 aromatic heterocycles. The molecule has 0 unspecified atom stereocenters. The van der Waals surface area contributed by atoms with Gasteiger partial charge in [-0.2, -0.15) is 4.98 Å². The van der Waals surface area contributed by atoms with Crippen molar-refractivity contribution in [2.75, 3.05) is 18.0 Å². The average Bonchev–Trinajstić information content (AvgIpc) is 3.00. The Morgan fingerprint density at radius 3 is 2.45 bits per heavy atom. The zero-order valence-corrected chi connectivity index (χ0v) is 12.8. The van der Waals surface area contributed by atoms with E-state index in [-0.39, 0.29) is 0 Å². The minimum absolute atomic E-state index is 0.654. The minimum atomic E-state index is 0.654. The number of fused-ring (bicyclic) bond motifs is 1. The van der Waals surface area contributed by atoms with Crippen molar-refractivity contribution >= 4 is 17.1 Å². The highest BCUT2D eigenvalue weighted by atomic mass is 16.4. The molecule has 0 spiro atoms. The van der Waals surface area contributed by atoms with Crippen LogP contribution in [0.15, 0.2) is 52.9 Å². The second kappa shape index (κ2) is 5.48. The summed E-state index contributed by atoms with van der Waals surface area (Å²) in [7, 11) is 0. The van der Waals surface area contributed by atoms with Gasteiger partial charge in [-0.3, -0.25) is 0 Å². The monoisotopic (exact) mass is 292 g/mol. The lowest BCUT2D eigenvalue weighted by molar-refractivity contribution is 0.468. The molecule has 22 heavy (non-hydrogen) atoms. The predicted octanol–water partition coefficient (Wildman–Crippen LogP) is 4.52. The topological polar surface area (TPSA) is 29.3 Å². The maximum atomic E-state index is 5.88. The lowest BCUT2D eigenvalue weighted by Gasteiger charge is -2.31. The summed E-state index contributed by atoms with van der Waals surface area (Å²) >= 11 is 0. The van der Waals surface area contributed by atoms with Crippen LogP contribution in [0.25, 0.3) is 11.1 Å². The van der Waals surface area contributed by atoms with Crippen molar-refractivity contribution in [1.82, 2.24) is 4.98 Å². The lowest BCUT2D eigenvalue weighted by Crippen LogP contribution is -2.33. The molecule has 0 atom stereocenters. The van der Waals surface area contributed by atoms with Crippen molar-refractivity contribution in [2.24, 2.45) is 0 Å². The van der Waals surface area contributed by atoms with E-state index in [1.165, 1.54) is 11.1 Å². The first-order valence-electron chi connectivity index (χ1n) is 7.97. The number of anilines is 1. The standard InChI is InChI=1S/C19H20N2O/c1-14-6-8-15(9-7-14)16-10-12-21(13-11-16)19-20-17-4-2-3-5-18(17)22-19/h2-9,16H,10-13H2,1H3. The van der Waals surface area contributed by atoms with Gasteiger partial charge in [0.1, 0.15) is 5.52 Å². The number of para-hydroxylation sites is 2. The van der Waals surface area contributed by atoms with Gasteiger partial charge >= 0.3 is 0 Å². The largest absolute Gasteiger partial charge is 0.423 e. The minimum Gasteiger partial charge on any atom is -0.423 e. The maximum absolute atomic E-state index is 5.88. The van der Waals surface area contributed by atoms with Gasteiger partial charge in [-0.05, 0) is 43.4 Å². The number of oxazole rings is 1. The summed E-state index contributed by atoms with van der Waals surface area (Å²) in [6.07, 6.45) is 2.31. The summed E-state index contributed by atoms with van der Waals surface area (Å²) in [5.74, 6) is 0.654. The number of aryl methyl sites for hydroxylation is 1. The van der Waals surface area contributed by atoms with Crippen molar-refractivity contribution in [3.8, 4) is 0 Å². The number of hydrogen-bond donors (Lipinski definition) is 0. The average molecular weight is 292 g/mol. The van der Waals surface area contributed by atoms with E-state index in [4.69, 9.17) is 4.42 Å². The van der Waals surface area contributed by atoms with Crippen molar-refractivity contribution in [1.29, 1.82) is 0 Å². The molecule has 1 saturated heterocycles. The summed E-state index contributed by atoms with van der Waals surface area (Å²) in [6.45, 7) is 4.15. The van der Waals surface area contributed by atoms with Crippen LogP contribution in [0.1, 0.15) is 29.9 Å². The first-order chi connectivity index (χ1) is 10.8. The number of nitrogens with zero attached hydrogens (tertiary/aromatic N) is 2. The Bertz CT molecular complexity index is 734. The van der Waals surface area contributed by atoms with Gasteiger partial charge in [0.05, 0.1) is 0 Å². The molecule has 1 aliphatic rings. The second-order valence-corrected chi connectivity index (χ2v) is 6.14. The molecule has 0 aliphatic carbocycles. The van der Waals surface area contributed by atoms with E-state index in [1.807, 2.05) is 24.3 Å².